The highest BCUT2D eigenvalue weighted by Crippen LogP contribution is 2.33. The van der Waals surface area contributed by atoms with Crippen molar-refractivity contribution in [2.75, 3.05) is 6.61 Å². The molecule has 1 saturated heterocycles. The lowest BCUT2D eigenvalue weighted by atomic mass is 9.94. The summed E-state index contributed by atoms with van der Waals surface area (Å²) in [4.78, 5) is 19.9. The highest BCUT2D eigenvalue weighted by molar-refractivity contribution is 5.62. The summed E-state index contributed by atoms with van der Waals surface area (Å²) in [6, 6.07) is 9.82. The van der Waals surface area contributed by atoms with Crippen molar-refractivity contribution in [3.05, 3.63) is 52.1 Å². The first-order chi connectivity index (χ1) is 10.1. The molecule has 1 aromatic heterocycles. The number of nitrogens with one attached hydrogen (secondary N) is 1. The maximum Gasteiger partial charge on any atom is 0.254 e. The Morgan fingerprint density at radius 3 is 2.67 bits per heavy atom. The van der Waals surface area contributed by atoms with Gasteiger partial charge in [-0.3, -0.25) is 4.79 Å². The highest BCUT2D eigenvalue weighted by Gasteiger charge is 2.33. The van der Waals surface area contributed by atoms with Gasteiger partial charge in [0, 0.05) is 17.7 Å². The topological polar surface area (TPSA) is 55.0 Å². The molecule has 1 aliphatic heterocycles. The fraction of sp³-hybridized carbons (Fsp3) is 0.412. The molecule has 1 N–H and O–H groups in total. The predicted octanol–water partition coefficient (Wildman–Crippen LogP) is 3.16. The number of nitrogens with zero attached hydrogens (tertiary/aromatic N) is 1. The van der Waals surface area contributed by atoms with Crippen LogP contribution in [0.3, 0.4) is 0 Å². The Morgan fingerprint density at radius 1 is 1.24 bits per heavy atom. The van der Waals surface area contributed by atoms with Gasteiger partial charge in [0.1, 0.15) is 11.4 Å². The van der Waals surface area contributed by atoms with Crippen LogP contribution in [-0.4, -0.2) is 16.6 Å². The van der Waals surface area contributed by atoms with E-state index in [2.05, 4.69) is 4.98 Å². The van der Waals surface area contributed by atoms with E-state index in [1.165, 1.54) is 0 Å². The van der Waals surface area contributed by atoms with E-state index in [-0.39, 0.29) is 5.56 Å². The first-order valence-corrected chi connectivity index (χ1v) is 7.41. The quantitative estimate of drug-likeness (QED) is 0.921. The standard InChI is InChI=1S/C17H20N2O2/c1-12-14(13-8-4-3-5-9-13)18-16(19-15(12)20)17(2)10-6-7-11-21-17/h3-5,8-9H,6-7,10-11H2,1-2H3,(H,18,19,20). The Balaban J connectivity index is 2.12. The average molecular weight is 284 g/mol. The van der Waals surface area contributed by atoms with Crippen molar-refractivity contribution in [1.82, 2.24) is 9.97 Å². The molecule has 1 aromatic carbocycles. The van der Waals surface area contributed by atoms with Crippen LogP contribution in [-0.2, 0) is 10.3 Å². The summed E-state index contributed by atoms with van der Waals surface area (Å²) < 4.78 is 5.90. The van der Waals surface area contributed by atoms with Gasteiger partial charge in [-0.05, 0) is 33.1 Å². The highest BCUT2D eigenvalue weighted by atomic mass is 16.5. The third-order valence-electron chi connectivity index (χ3n) is 4.17. The minimum absolute atomic E-state index is 0.0887. The molecule has 4 nitrogen and oxygen atoms in total. The second-order valence-corrected chi connectivity index (χ2v) is 5.79. The number of H-pyrrole nitrogens is 1. The molecular formula is C17H20N2O2. The van der Waals surface area contributed by atoms with Gasteiger partial charge in [0.2, 0.25) is 0 Å². The van der Waals surface area contributed by atoms with Crippen LogP contribution < -0.4 is 5.56 Å². The number of hydrogen-bond donors (Lipinski definition) is 1. The molecule has 2 aromatic rings. The van der Waals surface area contributed by atoms with Crippen molar-refractivity contribution < 1.29 is 4.74 Å². The number of rotatable bonds is 2. The van der Waals surface area contributed by atoms with Gasteiger partial charge in [-0.1, -0.05) is 30.3 Å². The van der Waals surface area contributed by atoms with Crippen molar-refractivity contribution in [3.8, 4) is 11.3 Å². The summed E-state index contributed by atoms with van der Waals surface area (Å²) in [6.07, 6.45) is 3.04. The number of ether oxygens (including phenoxy) is 1. The maximum atomic E-state index is 12.3. The summed E-state index contributed by atoms with van der Waals surface area (Å²) >= 11 is 0. The van der Waals surface area contributed by atoms with E-state index in [1.807, 2.05) is 44.2 Å². The molecular weight excluding hydrogens is 264 g/mol. The first kappa shape index (κ1) is 14.0. The van der Waals surface area contributed by atoms with Gasteiger partial charge in [-0.2, -0.15) is 0 Å². The molecule has 2 heterocycles. The lowest BCUT2D eigenvalue weighted by Gasteiger charge is -2.33. The molecule has 0 spiro atoms. The minimum atomic E-state index is -0.491. The van der Waals surface area contributed by atoms with E-state index in [1.54, 1.807) is 0 Å². The van der Waals surface area contributed by atoms with E-state index in [0.717, 1.165) is 37.1 Å². The van der Waals surface area contributed by atoms with Crippen molar-refractivity contribution >= 4 is 0 Å². The van der Waals surface area contributed by atoms with E-state index >= 15 is 0 Å². The molecule has 1 fully saturated rings. The van der Waals surface area contributed by atoms with Crippen LogP contribution in [0.25, 0.3) is 11.3 Å². The number of aromatic nitrogens is 2. The SMILES string of the molecule is Cc1c(-c2ccccc2)nc(C2(C)CCCCO2)[nH]c1=O. The molecule has 3 rings (SSSR count). The Hall–Kier alpha value is -1.94. The predicted molar refractivity (Wildman–Crippen MR) is 82.2 cm³/mol. The third kappa shape index (κ3) is 2.63. The second-order valence-electron chi connectivity index (χ2n) is 5.79. The first-order valence-electron chi connectivity index (χ1n) is 7.41. The summed E-state index contributed by atoms with van der Waals surface area (Å²) in [5, 5.41) is 0. The van der Waals surface area contributed by atoms with Crippen molar-refractivity contribution in [3.63, 3.8) is 0 Å². The number of hydrogen-bond acceptors (Lipinski definition) is 3. The van der Waals surface area contributed by atoms with Crippen LogP contribution >= 0.6 is 0 Å². The van der Waals surface area contributed by atoms with Gasteiger partial charge >= 0.3 is 0 Å². The molecule has 0 bridgehead atoms. The Kier molecular flexibility index (Phi) is 3.64. The van der Waals surface area contributed by atoms with Gasteiger partial charge in [0.15, 0.2) is 0 Å². The van der Waals surface area contributed by atoms with Crippen molar-refractivity contribution in [1.29, 1.82) is 0 Å². The van der Waals surface area contributed by atoms with E-state index in [9.17, 15) is 4.79 Å². The molecule has 0 amide bonds. The fourth-order valence-corrected chi connectivity index (χ4v) is 2.78. The van der Waals surface area contributed by atoms with Gasteiger partial charge in [0.05, 0.1) is 5.69 Å². The van der Waals surface area contributed by atoms with Gasteiger partial charge in [-0.15, -0.1) is 0 Å². The number of benzene rings is 1. The molecule has 0 saturated carbocycles. The van der Waals surface area contributed by atoms with Crippen molar-refractivity contribution in [2.45, 2.75) is 38.7 Å². The molecule has 1 unspecified atom stereocenters. The van der Waals surface area contributed by atoms with Crippen LogP contribution in [0.15, 0.2) is 35.1 Å². The summed E-state index contributed by atoms with van der Waals surface area (Å²) in [5.74, 6) is 0.636. The molecule has 1 atom stereocenters. The van der Waals surface area contributed by atoms with Gasteiger partial charge in [0.25, 0.3) is 5.56 Å². The van der Waals surface area contributed by atoms with E-state index < -0.39 is 5.60 Å². The smallest absolute Gasteiger partial charge is 0.254 e. The van der Waals surface area contributed by atoms with E-state index in [4.69, 9.17) is 9.72 Å². The summed E-state index contributed by atoms with van der Waals surface area (Å²) in [5.41, 5.74) is 1.76. The molecule has 110 valence electrons. The molecule has 21 heavy (non-hydrogen) atoms. The van der Waals surface area contributed by atoms with Crippen LogP contribution in [0, 0.1) is 6.92 Å². The molecule has 0 aliphatic carbocycles. The fourth-order valence-electron chi connectivity index (χ4n) is 2.78. The van der Waals surface area contributed by atoms with Crippen LogP contribution in [0.4, 0.5) is 0 Å². The third-order valence-corrected chi connectivity index (χ3v) is 4.17. The zero-order valence-electron chi connectivity index (χ0n) is 12.5. The minimum Gasteiger partial charge on any atom is -0.367 e. The zero-order chi connectivity index (χ0) is 14.9. The average Bonchev–Trinajstić information content (AvgIpc) is 2.51. The normalized spacial score (nSPS) is 22.2. The second kappa shape index (κ2) is 5.45. The molecule has 0 radical (unpaired) electrons. The Morgan fingerprint density at radius 2 is 2.00 bits per heavy atom. The Labute approximate surface area is 124 Å². The lowest BCUT2D eigenvalue weighted by Crippen LogP contribution is -2.34. The van der Waals surface area contributed by atoms with Crippen LogP contribution in [0.2, 0.25) is 0 Å². The lowest BCUT2D eigenvalue weighted by molar-refractivity contribution is -0.0761. The molecule has 4 heteroatoms. The summed E-state index contributed by atoms with van der Waals surface area (Å²) in [6.45, 7) is 4.53. The van der Waals surface area contributed by atoms with Crippen LogP contribution in [0.1, 0.15) is 37.6 Å². The van der Waals surface area contributed by atoms with Crippen LogP contribution in [0.5, 0.6) is 0 Å². The van der Waals surface area contributed by atoms with Gasteiger partial charge in [-0.25, -0.2) is 4.98 Å². The maximum absolute atomic E-state index is 12.3. The monoisotopic (exact) mass is 284 g/mol. The molecule has 1 aliphatic rings. The van der Waals surface area contributed by atoms with Gasteiger partial charge < -0.3 is 9.72 Å². The largest absolute Gasteiger partial charge is 0.367 e. The number of aromatic amines is 1. The Bertz CT molecular complexity index is 686. The van der Waals surface area contributed by atoms with Crippen molar-refractivity contribution in [2.24, 2.45) is 0 Å². The van der Waals surface area contributed by atoms with E-state index in [0.29, 0.717) is 11.4 Å². The zero-order valence-corrected chi connectivity index (χ0v) is 12.5. The summed E-state index contributed by atoms with van der Waals surface area (Å²) in [7, 11) is 0.